The van der Waals surface area contributed by atoms with E-state index in [1.165, 1.54) is 0 Å². The highest BCUT2D eigenvalue weighted by molar-refractivity contribution is 5.84. The van der Waals surface area contributed by atoms with Crippen molar-refractivity contribution in [1.82, 2.24) is 0 Å². The van der Waals surface area contributed by atoms with Crippen LogP contribution in [0, 0.1) is 0 Å². The van der Waals surface area contributed by atoms with E-state index in [1.54, 1.807) is 12.1 Å². The van der Waals surface area contributed by atoms with Crippen molar-refractivity contribution in [2.24, 2.45) is 0 Å². The van der Waals surface area contributed by atoms with Crippen LogP contribution >= 0.6 is 0 Å². The van der Waals surface area contributed by atoms with Gasteiger partial charge in [-0.05, 0) is 60.8 Å². The van der Waals surface area contributed by atoms with Crippen LogP contribution in [-0.4, -0.2) is 22.4 Å². The Bertz CT molecular complexity index is 854. The molecule has 2 aromatic carbocycles. The van der Waals surface area contributed by atoms with Gasteiger partial charge in [0.25, 0.3) is 0 Å². The second-order valence-corrected chi connectivity index (χ2v) is 10.9. The van der Waals surface area contributed by atoms with Gasteiger partial charge in [0.15, 0.2) is 0 Å². The number of ether oxygens (including phenoxy) is 2. The van der Waals surface area contributed by atoms with Gasteiger partial charge in [-0.2, -0.15) is 0 Å². The van der Waals surface area contributed by atoms with Crippen molar-refractivity contribution in [2.75, 3.05) is 0 Å². The van der Waals surface area contributed by atoms with Gasteiger partial charge in [-0.3, -0.25) is 0 Å². The number of hydrogen-bond acceptors (Lipinski definition) is 4. The Morgan fingerprint density at radius 2 is 0.969 bits per heavy atom. The highest BCUT2D eigenvalue weighted by atomic mass is 16.5. The fraction of sp³-hybridized carbons (Fsp3) is 0.571. The SMILES string of the molecule is CCC(C)Oc1cc(O)c(-c2c(O)cc(OC(C)CC)cc2C(C)(C)C)c(C(C)(C)C)c1. The predicted octanol–water partition coefficient (Wildman–Crippen LogP) is 7.71. The van der Waals surface area contributed by atoms with Gasteiger partial charge in [0.1, 0.15) is 23.0 Å². The minimum Gasteiger partial charge on any atom is -0.507 e. The Kier molecular flexibility index (Phi) is 7.80. The summed E-state index contributed by atoms with van der Waals surface area (Å²) in [5.74, 6) is 1.48. The Labute approximate surface area is 194 Å². The molecule has 0 aromatic heterocycles. The first-order valence-electron chi connectivity index (χ1n) is 11.8. The van der Waals surface area contributed by atoms with Gasteiger partial charge in [-0.25, -0.2) is 0 Å². The van der Waals surface area contributed by atoms with Crippen LogP contribution in [0.1, 0.15) is 93.2 Å². The molecule has 0 aliphatic carbocycles. The molecule has 0 aliphatic heterocycles. The molecule has 32 heavy (non-hydrogen) atoms. The zero-order valence-corrected chi connectivity index (χ0v) is 21.6. The molecule has 0 radical (unpaired) electrons. The van der Waals surface area contributed by atoms with Crippen LogP contribution < -0.4 is 9.47 Å². The van der Waals surface area contributed by atoms with Crippen LogP contribution in [-0.2, 0) is 10.8 Å². The molecule has 0 saturated heterocycles. The second-order valence-electron chi connectivity index (χ2n) is 10.9. The summed E-state index contributed by atoms with van der Waals surface area (Å²) in [7, 11) is 0. The van der Waals surface area contributed by atoms with Gasteiger partial charge in [0.05, 0.1) is 12.2 Å². The van der Waals surface area contributed by atoms with Crippen molar-refractivity contribution >= 4 is 0 Å². The molecule has 0 saturated carbocycles. The van der Waals surface area contributed by atoms with Crippen LogP contribution in [0.25, 0.3) is 11.1 Å². The lowest BCUT2D eigenvalue weighted by Crippen LogP contribution is -2.18. The molecular formula is C28H42O4. The van der Waals surface area contributed by atoms with E-state index in [0.717, 1.165) is 24.0 Å². The molecular weight excluding hydrogens is 400 g/mol. The third kappa shape index (κ3) is 5.90. The topological polar surface area (TPSA) is 58.9 Å². The van der Waals surface area contributed by atoms with Crippen molar-refractivity contribution in [3.63, 3.8) is 0 Å². The third-order valence-electron chi connectivity index (χ3n) is 5.87. The van der Waals surface area contributed by atoms with E-state index in [-0.39, 0.29) is 34.5 Å². The van der Waals surface area contributed by atoms with Gasteiger partial charge in [-0.15, -0.1) is 0 Å². The summed E-state index contributed by atoms with van der Waals surface area (Å²) >= 11 is 0. The molecule has 0 aliphatic rings. The molecule has 4 nitrogen and oxygen atoms in total. The van der Waals surface area contributed by atoms with Crippen molar-refractivity contribution in [1.29, 1.82) is 0 Å². The Hall–Kier alpha value is -2.36. The first kappa shape index (κ1) is 25.9. The van der Waals surface area contributed by atoms with E-state index in [2.05, 4.69) is 55.4 Å². The van der Waals surface area contributed by atoms with Crippen LogP contribution in [0.3, 0.4) is 0 Å². The summed E-state index contributed by atoms with van der Waals surface area (Å²) in [6.45, 7) is 20.8. The lowest BCUT2D eigenvalue weighted by atomic mass is 9.76. The zero-order chi connectivity index (χ0) is 24.4. The molecule has 2 N–H and O–H groups in total. The maximum Gasteiger partial charge on any atom is 0.127 e. The number of benzene rings is 2. The minimum absolute atomic E-state index is 0.0450. The molecule has 0 spiro atoms. The average Bonchev–Trinajstić information content (AvgIpc) is 2.66. The monoisotopic (exact) mass is 442 g/mol. The van der Waals surface area contributed by atoms with E-state index < -0.39 is 0 Å². The van der Waals surface area contributed by atoms with E-state index in [0.29, 0.717) is 22.6 Å². The smallest absolute Gasteiger partial charge is 0.127 e. The predicted molar refractivity (Wildman–Crippen MR) is 133 cm³/mol. The fourth-order valence-corrected chi connectivity index (χ4v) is 3.68. The van der Waals surface area contributed by atoms with Crippen LogP contribution in [0.15, 0.2) is 24.3 Å². The lowest BCUT2D eigenvalue weighted by molar-refractivity contribution is 0.215. The molecule has 4 heteroatoms. The standard InChI is InChI=1S/C28H42O4/c1-11-17(3)31-19-13-21(27(5,6)7)25(23(29)15-19)26-22(28(8,9)10)14-20(16-24(26)30)32-18(4)12-2/h13-18,29-30H,11-12H2,1-10H3. The zero-order valence-electron chi connectivity index (χ0n) is 21.6. The van der Waals surface area contributed by atoms with E-state index in [4.69, 9.17) is 9.47 Å². The Morgan fingerprint density at radius 1 is 0.656 bits per heavy atom. The van der Waals surface area contributed by atoms with E-state index in [1.807, 2.05) is 26.0 Å². The summed E-state index contributed by atoms with van der Waals surface area (Å²) in [6, 6.07) is 7.31. The molecule has 2 aromatic rings. The number of phenolic OH excluding ortho intramolecular Hbond substituents is 2. The van der Waals surface area contributed by atoms with E-state index >= 15 is 0 Å². The summed E-state index contributed by atoms with van der Waals surface area (Å²) < 4.78 is 12.1. The number of hydrogen-bond donors (Lipinski definition) is 2. The largest absolute Gasteiger partial charge is 0.507 e. The minimum atomic E-state index is -0.283. The number of phenols is 2. The molecule has 2 unspecified atom stereocenters. The Morgan fingerprint density at radius 3 is 1.22 bits per heavy atom. The third-order valence-corrected chi connectivity index (χ3v) is 5.87. The van der Waals surface area contributed by atoms with Crippen LogP contribution in [0.2, 0.25) is 0 Å². The molecule has 0 amide bonds. The van der Waals surface area contributed by atoms with Gasteiger partial charge in [0.2, 0.25) is 0 Å². The molecule has 0 fully saturated rings. The van der Waals surface area contributed by atoms with Gasteiger partial charge < -0.3 is 19.7 Å². The van der Waals surface area contributed by atoms with Gasteiger partial charge in [-0.1, -0.05) is 55.4 Å². The summed E-state index contributed by atoms with van der Waals surface area (Å²) in [5.41, 5.74) is 2.57. The highest BCUT2D eigenvalue weighted by Crippen LogP contribution is 2.50. The van der Waals surface area contributed by atoms with E-state index in [9.17, 15) is 10.2 Å². The molecule has 0 heterocycles. The lowest BCUT2D eigenvalue weighted by Gasteiger charge is -2.30. The first-order valence-corrected chi connectivity index (χ1v) is 11.8. The number of rotatable bonds is 7. The summed E-state index contributed by atoms with van der Waals surface area (Å²) in [4.78, 5) is 0. The van der Waals surface area contributed by atoms with Crippen molar-refractivity contribution in [3.8, 4) is 34.1 Å². The molecule has 0 bridgehead atoms. The highest BCUT2D eigenvalue weighted by Gasteiger charge is 2.30. The van der Waals surface area contributed by atoms with Gasteiger partial charge >= 0.3 is 0 Å². The van der Waals surface area contributed by atoms with Crippen molar-refractivity contribution < 1.29 is 19.7 Å². The van der Waals surface area contributed by atoms with Gasteiger partial charge in [0, 0.05) is 23.3 Å². The quantitative estimate of drug-likeness (QED) is 0.461. The fourth-order valence-electron chi connectivity index (χ4n) is 3.68. The molecule has 2 rings (SSSR count). The Balaban J connectivity index is 2.83. The van der Waals surface area contributed by atoms with Crippen molar-refractivity contribution in [3.05, 3.63) is 35.4 Å². The van der Waals surface area contributed by atoms with Crippen molar-refractivity contribution in [2.45, 2.75) is 105 Å². The number of aromatic hydroxyl groups is 2. The van der Waals surface area contributed by atoms with Crippen LogP contribution in [0.5, 0.6) is 23.0 Å². The summed E-state index contributed by atoms with van der Waals surface area (Å²) in [6.07, 6.45) is 1.84. The maximum atomic E-state index is 11.2. The normalized spacial score (nSPS) is 14.2. The molecule has 2 atom stereocenters. The summed E-state index contributed by atoms with van der Waals surface area (Å²) in [5, 5.41) is 22.4. The van der Waals surface area contributed by atoms with Crippen LogP contribution in [0.4, 0.5) is 0 Å². The first-order chi connectivity index (χ1) is 14.7. The molecule has 178 valence electrons. The second kappa shape index (κ2) is 9.64. The average molecular weight is 443 g/mol. The maximum absolute atomic E-state index is 11.2.